The summed E-state index contributed by atoms with van der Waals surface area (Å²) in [6.45, 7) is 8.89. The summed E-state index contributed by atoms with van der Waals surface area (Å²) in [5, 5.41) is 29.4. The fourth-order valence-electron chi connectivity index (χ4n) is 4.02. The van der Waals surface area contributed by atoms with E-state index in [0.717, 1.165) is 16.7 Å². The van der Waals surface area contributed by atoms with Crippen molar-refractivity contribution in [1.82, 2.24) is 30.3 Å². The molecule has 0 radical (unpaired) electrons. The van der Waals surface area contributed by atoms with Gasteiger partial charge in [0.2, 0.25) is 17.4 Å². The molecule has 1 aliphatic heterocycles. The zero-order valence-electron chi connectivity index (χ0n) is 25.2. The standard InChI is InChI=1S/C30H35N9O4/c1-20-32-34-27(35-33-20)22-11-9-21(10-12-22)18-39(19-26(41)43-29(2,3)4)25(40)8-7-17-31-38(6)28(42)23-13-15-24(16-14-23)30(5)36-37-30/h9-17H,7-8,18-19H2,1-6H3/b31-17+. The van der Waals surface area contributed by atoms with Gasteiger partial charge in [-0.3, -0.25) is 14.4 Å². The second-order valence-electron chi connectivity index (χ2n) is 11.3. The Kier molecular flexibility index (Phi) is 9.32. The molecule has 1 aliphatic rings. The monoisotopic (exact) mass is 585 g/mol. The number of hydrogen-bond donors (Lipinski definition) is 0. The highest BCUT2D eigenvalue weighted by atomic mass is 16.6. The van der Waals surface area contributed by atoms with Crippen LogP contribution in [0.2, 0.25) is 0 Å². The molecule has 0 saturated carbocycles. The SMILES string of the molecule is Cc1nnc(-c2ccc(CN(CC(=O)OC(C)(C)C)C(=O)CC/C=N/N(C)C(=O)c3ccc(C4(C)N=N4)cc3)cc2)nn1. The van der Waals surface area contributed by atoms with Crippen molar-refractivity contribution in [2.75, 3.05) is 13.6 Å². The summed E-state index contributed by atoms with van der Waals surface area (Å²) >= 11 is 0. The first-order chi connectivity index (χ1) is 20.3. The normalized spacial score (nSPS) is 13.5. The number of aromatic nitrogens is 4. The topological polar surface area (TPSA) is 156 Å². The van der Waals surface area contributed by atoms with Gasteiger partial charge in [0.05, 0.1) is 0 Å². The van der Waals surface area contributed by atoms with E-state index in [2.05, 4.69) is 35.7 Å². The van der Waals surface area contributed by atoms with Crippen molar-refractivity contribution >= 4 is 24.0 Å². The van der Waals surface area contributed by atoms with Crippen LogP contribution >= 0.6 is 0 Å². The van der Waals surface area contributed by atoms with Gasteiger partial charge in [0.15, 0.2) is 5.82 Å². The Balaban J connectivity index is 1.36. The van der Waals surface area contributed by atoms with Crippen LogP contribution in [-0.2, 0) is 26.5 Å². The molecule has 0 aliphatic carbocycles. The molecule has 3 aromatic rings. The predicted molar refractivity (Wildman–Crippen MR) is 158 cm³/mol. The lowest BCUT2D eigenvalue weighted by molar-refractivity contribution is -0.159. The van der Waals surface area contributed by atoms with E-state index in [1.807, 2.05) is 43.3 Å². The maximum absolute atomic E-state index is 13.2. The van der Waals surface area contributed by atoms with E-state index in [-0.39, 0.29) is 37.7 Å². The van der Waals surface area contributed by atoms with Crippen molar-refractivity contribution in [3.63, 3.8) is 0 Å². The Morgan fingerprint density at radius 2 is 1.58 bits per heavy atom. The van der Waals surface area contributed by atoms with E-state index in [4.69, 9.17) is 4.74 Å². The number of ether oxygens (including phenoxy) is 1. The minimum absolute atomic E-state index is 0.0846. The molecule has 0 unspecified atom stereocenters. The van der Waals surface area contributed by atoms with E-state index in [1.54, 1.807) is 46.9 Å². The summed E-state index contributed by atoms with van der Waals surface area (Å²) in [4.78, 5) is 40.0. The second-order valence-corrected chi connectivity index (χ2v) is 11.3. The Hall–Kier alpha value is -4.94. The molecular weight excluding hydrogens is 550 g/mol. The summed E-state index contributed by atoms with van der Waals surface area (Å²) in [6.07, 6.45) is 1.86. The third-order valence-corrected chi connectivity index (χ3v) is 6.37. The van der Waals surface area contributed by atoms with Crippen LogP contribution in [-0.4, -0.2) is 73.5 Å². The third kappa shape index (κ3) is 8.77. The molecule has 0 bridgehead atoms. The maximum Gasteiger partial charge on any atom is 0.326 e. The number of nitrogens with zero attached hydrogens (tertiary/aromatic N) is 9. The molecule has 1 aromatic heterocycles. The largest absolute Gasteiger partial charge is 0.459 e. The van der Waals surface area contributed by atoms with Crippen molar-refractivity contribution in [3.05, 3.63) is 71.0 Å². The molecule has 13 heteroatoms. The van der Waals surface area contributed by atoms with Crippen LogP contribution in [0.3, 0.4) is 0 Å². The molecule has 4 rings (SSSR count). The van der Waals surface area contributed by atoms with Gasteiger partial charge >= 0.3 is 5.97 Å². The van der Waals surface area contributed by atoms with E-state index in [9.17, 15) is 14.4 Å². The highest BCUT2D eigenvalue weighted by Gasteiger charge is 2.36. The molecule has 0 spiro atoms. The maximum atomic E-state index is 13.2. The number of carbonyl (C=O) groups is 3. The highest BCUT2D eigenvalue weighted by molar-refractivity contribution is 5.94. The number of amides is 2. The lowest BCUT2D eigenvalue weighted by Gasteiger charge is -2.25. The Labute approximate surface area is 250 Å². The zero-order chi connectivity index (χ0) is 31.2. The fraction of sp³-hybridized carbons (Fsp3) is 0.400. The van der Waals surface area contributed by atoms with Gasteiger partial charge in [0, 0.05) is 42.9 Å². The quantitative estimate of drug-likeness (QED) is 0.185. The molecule has 0 atom stereocenters. The summed E-state index contributed by atoms with van der Waals surface area (Å²) < 4.78 is 5.45. The first kappa shape index (κ1) is 31.0. The van der Waals surface area contributed by atoms with Crippen molar-refractivity contribution < 1.29 is 19.1 Å². The van der Waals surface area contributed by atoms with Crippen LogP contribution in [0.15, 0.2) is 63.9 Å². The second kappa shape index (κ2) is 12.9. The van der Waals surface area contributed by atoms with Crippen LogP contribution in [0.25, 0.3) is 11.4 Å². The van der Waals surface area contributed by atoms with E-state index >= 15 is 0 Å². The van der Waals surface area contributed by atoms with Crippen LogP contribution in [0.4, 0.5) is 0 Å². The van der Waals surface area contributed by atoms with Gasteiger partial charge in [0.25, 0.3) is 5.91 Å². The molecule has 0 fully saturated rings. The number of esters is 1. The van der Waals surface area contributed by atoms with Gasteiger partial charge in [-0.1, -0.05) is 36.4 Å². The van der Waals surface area contributed by atoms with E-state index in [0.29, 0.717) is 17.2 Å². The average molecular weight is 586 g/mol. The minimum atomic E-state index is -0.686. The number of benzene rings is 2. The van der Waals surface area contributed by atoms with Gasteiger partial charge in [0.1, 0.15) is 12.1 Å². The molecule has 2 aromatic carbocycles. The molecule has 0 N–H and O–H groups in total. The molecule has 0 saturated heterocycles. The van der Waals surface area contributed by atoms with Crippen LogP contribution in [0.5, 0.6) is 0 Å². The smallest absolute Gasteiger partial charge is 0.326 e. The molecule has 13 nitrogen and oxygen atoms in total. The Morgan fingerprint density at radius 3 is 2.16 bits per heavy atom. The van der Waals surface area contributed by atoms with Gasteiger partial charge in [-0.15, -0.1) is 20.4 Å². The molecular formula is C30H35N9O4. The summed E-state index contributed by atoms with van der Waals surface area (Å²) in [7, 11) is 1.55. The molecule has 2 heterocycles. The van der Waals surface area contributed by atoms with Crippen LogP contribution in [0.1, 0.15) is 67.8 Å². The minimum Gasteiger partial charge on any atom is -0.459 e. The lowest BCUT2D eigenvalue weighted by Crippen LogP contribution is -2.38. The van der Waals surface area contributed by atoms with E-state index in [1.165, 1.54) is 16.1 Å². The van der Waals surface area contributed by atoms with Crippen molar-refractivity contribution in [2.24, 2.45) is 15.3 Å². The Morgan fingerprint density at radius 1 is 0.953 bits per heavy atom. The van der Waals surface area contributed by atoms with Gasteiger partial charge in [-0.25, -0.2) is 5.01 Å². The van der Waals surface area contributed by atoms with Gasteiger partial charge in [-0.2, -0.15) is 15.3 Å². The average Bonchev–Trinajstić information content (AvgIpc) is 3.72. The molecule has 43 heavy (non-hydrogen) atoms. The Bertz CT molecular complexity index is 1510. The van der Waals surface area contributed by atoms with Crippen LogP contribution in [0, 0.1) is 6.92 Å². The summed E-state index contributed by atoms with van der Waals surface area (Å²) in [6, 6.07) is 14.3. The first-order valence-corrected chi connectivity index (χ1v) is 13.8. The van der Waals surface area contributed by atoms with Crippen molar-refractivity contribution in [3.8, 4) is 11.4 Å². The molecule has 2 amide bonds. The zero-order valence-corrected chi connectivity index (χ0v) is 25.2. The number of hydrazone groups is 1. The molecule has 224 valence electrons. The number of rotatable bonds is 11. The first-order valence-electron chi connectivity index (χ1n) is 13.8. The third-order valence-electron chi connectivity index (χ3n) is 6.37. The lowest BCUT2D eigenvalue weighted by atomic mass is 10.0. The number of carbonyl (C=O) groups excluding carboxylic acids is 3. The van der Waals surface area contributed by atoms with Gasteiger partial charge < -0.3 is 9.64 Å². The van der Waals surface area contributed by atoms with E-state index < -0.39 is 17.2 Å². The number of hydrogen-bond acceptors (Lipinski definition) is 11. The predicted octanol–water partition coefficient (Wildman–Crippen LogP) is 4.09. The highest BCUT2D eigenvalue weighted by Crippen LogP contribution is 2.38. The fourth-order valence-corrected chi connectivity index (χ4v) is 4.02. The summed E-state index contributed by atoms with van der Waals surface area (Å²) in [5.41, 5.74) is 1.72. The summed E-state index contributed by atoms with van der Waals surface area (Å²) in [5.74, 6) is -0.197. The van der Waals surface area contributed by atoms with Crippen LogP contribution < -0.4 is 0 Å². The van der Waals surface area contributed by atoms with Crippen molar-refractivity contribution in [1.29, 1.82) is 0 Å². The van der Waals surface area contributed by atoms with Gasteiger partial charge in [-0.05, 0) is 58.7 Å². The van der Waals surface area contributed by atoms with Crippen molar-refractivity contribution in [2.45, 2.75) is 65.3 Å². The number of aryl methyl sites for hydroxylation is 1.